The van der Waals surface area contributed by atoms with Crippen LogP contribution in [-0.4, -0.2) is 38.2 Å². The lowest BCUT2D eigenvalue weighted by molar-refractivity contribution is -0.123. The molecular formula is C18H17N5O3. The molecule has 0 aliphatic heterocycles. The number of esters is 1. The number of carbonyl (C=O) groups excluding carboxylic acids is 2. The predicted molar refractivity (Wildman–Crippen MR) is 93.8 cm³/mol. The number of anilines is 1. The molecule has 3 rings (SSSR count). The van der Waals surface area contributed by atoms with Gasteiger partial charge in [-0.1, -0.05) is 23.8 Å². The average molecular weight is 351 g/mol. The van der Waals surface area contributed by atoms with Gasteiger partial charge < -0.3 is 10.1 Å². The van der Waals surface area contributed by atoms with Gasteiger partial charge in [0.05, 0.1) is 11.3 Å². The Morgan fingerprint density at radius 1 is 1.15 bits per heavy atom. The van der Waals surface area contributed by atoms with E-state index < -0.39 is 18.0 Å². The summed E-state index contributed by atoms with van der Waals surface area (Å²) in [5.41, 5.74) is 2.64. The van der Waals surface area contributed by atoms with E-state index in [0.29, 0.717) is 16.9 Å². The number of rotatable bonds is 5. The number of nitrogens with one attached hydrogen (secondary N) is 1. The molecule has 8 heteroatoms. The summed E-state index contributed by atoms with van der Waals surface area (Å²) in [5, 5.41) is 13.6. The molecule has 3 aromatic rings. The first-order valence-electron chi connectivity index (χ1n) is 7.95. The van der Waals surface area contributed by atoms with Crippen LogP contribution >= 0.6 is 0 Å². The third kappa shape index (κ3) is 4.10. The first kappa shape index (κ1) is 17.3. The van der Waals surface area contributed by atoms with Crippen LogP contribution in [0.25, 0.3) is 5.69 Å². The number of ether oxygens (including phenoxy) is 1. The number of carbonyl (C=O) groups is 2. The highest BCUT2D eigenvalue weighted by atomic mass is 16.5. The zero-order valence-corrected chi connectivity index (χ0v) is 14.3. The van der Waals surface area contributed by atoms with Crippen LogP contribution in [0.4, 0.5) is 5.69 Å². The minimum atomic E-state index is -0.944. The monoisotopic (exact) mass is 351 g/mol. The standard InChI is InChI=1S/C18H17N5O3/c1-12-6-8-15(9-7-12)20-17(24)13(2)26-18(25)14-4-3-5-16(10-14)23-11-19-21-22-23/h3-11,13H,1-2H3,(H,20,24)/t13-/m0/s1. The number of amides is 1. The van der Waals surface area contributed by atoms with E-state index in [9.17, 15) is 9.59 Å². The Morgan fingerprint density at radius 3 is 2.62 bits per heavy atom. The summed E-state index contributed by atoms with van der Waals surface area (Å²) in [7, 11) is 0. The normalized spacial score (nSPS) is 11.6. The maximum Gasteiger partial charge on any atom is 0.338 e. The summed E-state index contributed by atoms with van der Waals surface area (Å²) in [5.74, 6) is -1.01. The lowest BCUT2D eigenvalue weighted by Gasteiger charge is -2.14. The van der Waals surface area contributed by atoms with Gasteiger partial charge in [-0.2, -0.15) is 0 Å². The van der Waals surface area contributed by atoms with Gasteiger partial charge in [0, 0.05) is 5.69 Å². The number of aromatic nitrogens is 4. The van der Waals surface area contributed by atoms with Crippen molar-refractivity contribution >= 4 is 17.6 Å². The Morgan fingerprint density at radius 2 is 1.92 bits per heavy atom. The quantitative estimate of drug-likeness (QED) is 0.707. The van der Waals surface area contributed by atoms with Crippen molar-refractivity contribution in [2.75, 3.05) is 5.32 Å². The van der Waals surface area contributed by atoms with Crippen LogP contribution in [0.15, 0.2) is 54.9 Å². The fraction of sp³-hybridized carbons (Fsp3) is 0.167. The molecule has 0 aliphatic carbocycles. The smallest absolute Gasteiger partial charge is 0.338 e. The predicted octanol–water partition coefficient (Wildman–Crippen LogP) is 2.15. The Hall–Kier alpha value is -3.55. The minimum absolute atomic E-state index is 0.299. The molecular weight excluding hydrogens is 334 g/mol. The highest BCUT2D eigenvalue weighted by Crippen LogP contribution is 2.13. The lowest BCUT2D eigenvalue weighted by Crippen LogP contribution is -2.30. The van der Waals surface area contributed by atoms with Gasteiger partial charge in [-0.25, -0.2) is 9.48 Å². The van der Waals surface area contributed by atoms with Crippen molar-refractivity contribution in [2.45, 2.75) is 20.0 Å². The third-order valence-electron chi connectivity index (χ3n) is 3.67. The van der Waals surface area contributed by atoms with Gasteiger partial charge in [-0.15, -0.1) is 5.10 Å². The summed E-state index contributed by atoms with van der Waals surface area (Å²) in [4.78, 5) is 24.5. The first-order valence-corrected chi connectivity index (χ1v) is 7.95. The van der Waals surface area contributed by atoms with Crippen LogP contribution in [-0.2, 0) is 9.53 Å². The number of hydrogen-bond donors (Lipinski definition) is 1. The Kier molecular flexibility index (Phi) is 5.02. The van der Waals surface area contributed by atoms with Gasteiger partial charge in [0.25, 0.3) is 5.91 Å². The first-order chi connectivity index (χ1) is 12.5. The van der Waals surface area contributed by atoms with Gasteiger partial charge in [-0.3, -0.25) is 4.79 Å². The van der Waals surface area contributed by atoms with E-state index in [1.165, 1.54) is 17.9 Å². The van der Waals surface area contributed by atoms with E-state index in [4.69, 9.17) is 4.74 Å². The maximum absolute atomic E-state index is 12.3. The number of nitrogens with zero attached hydrogens (tertiary/aromatic N) is 4. The molecule has 1 atom stereocenters. The number of benzene rings is 2. The SMILES string of the molecule is Cc1ccc(NC(=O)[C@H](C)OC(=O)c2cccc(-n3cnnn3)c2)cc1. The summed E-state index contributed by atoms with van der Waals surface area (Å²) < 4.78 is 6.68. The van der Waals surface area contributed by atoms with E-state index in [1.807, 2.05) is 19.1 Å². The minimum Gasteiger partial charge on any atom is -0.449 e. The molecule has 1 aromatic heterocycles. The molecule has 132 valence electrons. The largest absolute Gasteiger partial charge is 0.449 e. The molecule has 0 fully saturated rings. The second kappa shape index (κ2) is 7.56. The van der Waals surface area contributed by atoms with Crippen LogP contribution < -0.4 is 5.32 Å². The molecule has 0 bridgehead atoms. The molecule has 1 heterocycles. The molecule has 0 unspecified atom stereocenters. The number of aryl methyl sites for hydroxylation is 1. The molecule has 0 radical (unpaired) electrons. The van der Waals surface area contributed by atoms with Gasteiger partial charge >= 0.3 is 5.97 Å². The second-order valence-electron chi connectivity index (χ2n) is 5.71. The van der Waals surface area contributed by atoms with Crippen molar-refractivity contribution < 1.29 is 14.3 Å². The van der Waals surface area contributed by atoms with Crippen LogP contribution in [0, 0.1) is 6.92 Å². The summed E-state index contributed by atoms with van der Waals surface area (Å²) in [6.07, 6.45) is 0.475. The van der Waals surface area contributed by atoms with Crippen LogP contribution in [0.5, 0.6) is 0 Å². The van der Waals surface area contributed by atoms with Crippen molar-refractivity contribution in [3.63, 3.8) is 0 Å². The molecule has 8 nitrogen and oxygen atoms in total. The topological polar surface area (TPSA) is 99.0 Å². The lowest BCUT2D eigenvalue weighted by atomic mass is 10.2. The summed E-state index contributed by atoms with van der Waals surface area (Å²) >= 11 is 0. The Bertz CT molecular complexity index is 907. The molecule has 0 aliphatic rings. The van der Waals surface area contributed by atoms with Crippen molar-refractivity contribution in [3.05, 3.63) is 66.0 Å². The average Bonchev–Trinajstić information content (AvgIpc) is 3.18. The molecule has 0 spiro atoms. The Labute approximate surface area is 149 Å². The Balaban J connectivity index is 1.64. The van der Waals surface area contributed by atoms with Crippen LogP contribution in [0.2, 0.25) is 0 Å². The number of tetrazole rings is 1. The van der Waals surface area contributed by atoms with Crippen molar-refractivity contribution in [2.24, 2.45) is 0 Å². The zero-order chi connectivity index (χ0) is 18.5. The zero-order valence-electron chi connectivity index (χ0n) is 14.3. The molecule has 2 aromatic carbocycles. The summed E-state index contributed by atoms with van der Waals surface area (Å²) in [6.45, 7) is 3.48. The van der Waals surface area contributed by atoms with Crippen molar-refractivity contribution in [1.29, 1.82) is 0 Å². The second-order valence-corrected chi connectivity index (χ2v) is 5.71. The van der Waals surface area contributed by atoms with E-state index in [1.54, 1.807) is 36.4 Å². The van der Waals surface area contributed by atoms with E-state index in [-0.39, 0.29) is 0 Å². The third-order valence-corrected chi connectivity index (χ3v) is 3.67. The van der Waals surface area contributed by atoms with E-state index in [0.717, 1.165) is 5.56 Å². The van der Waals surface area contributed by atoms with Crippen molar-refractivity contribution in [1.82, 2.24) is 20.2 Å². The highest BCUT2D eigenvalue weighted by Gasteiger charge is 2.19. The van der Waals surface area contributed by atoms with Gasteiger partial charge in [0.2, 0.25) is 0 Å². The number of hydrogen-bond acceptors (Lipinski definition) is 6. The van der Waals surface area contributed by atoms with Crippen LogP contribution in [0.1, 0.15) is 22.8 Å². The molecule has 1 N–H and O–H groups in total. The summed E-state index contributed by atoms with van der Waals surface area (Å²) in [6, 6.07) is 14.0. The molecule has 0 saturated carbocycles. The molecule has 26 heavy (non-hydrogen) atoms. The van der Waals surface area contributed by atoms with Gasteiger partial charge in [0.1, 0.15) is 6.33 Å². The van der Waals surface area contributed by atoms with E-state index >= 15 is 0 Å². The van der Waals surface area contributed by atoms with E-state index in [2.05, 4.69) is 20.8 Å². The van der Waals surface area contributed by atoms with Crippen molar-refractivity contribution in [3.8, 4) is 5.69 Å². The van der Waals surface area contributed by atoms with Crippen LogP contribution in [0.3, 0.4) is 0 Å². The highest BCUT2D eigenvalue weighted by molar-refractivity contribution is 5.97. The van der Waals surface area contributed by atoms with Gasteiger partial charge in [0.15, 0.2) is 6.10 Å². The van der Waals surface area contributed by atoms with Gasteiger partial charge in [-0.05, 0) is 54.6 Å². The fourth-order valence-electron chi connectivity index (χ4n) is 2.22. The fourth-order valence-corrected chi connectivity index (χ4v) is 2.22. The molecule has 1 amide bonds. The molecule has 0 saturated heterocycles. The maximum atomic E-state index is 12.3.